The van der Waals surface area contributed by atoms with Crippen LogP contribution in [0.25, 0.3) is 0 Å². The number of hydrogen-bond acceptors (Lipinski definition) is 2. The first kappa shape index (κ1) is 17.9. The van der Waals surface area contributed by atoms with E-state index in [1.54, 1.807) is 0 Å². The summed E-state index contributed by atoms with van der Waals surface area (Å²) in [4.78, 5) is 0. The number of nitrogens with one attached hydrogen (secondary N) is 2. The lowest BCUT2D eigenvalue weighted by Gasteiger charge is -2.42. The van der Waals surface area contributed by atoms with Crippen LogP contribution in [0, 0.1) is 0 Å². The third-order valence-corrected chi connectivity index (χ3v) is 6.86. The van der Waals surface area contributed by atoms with Gasteiger partial charge in [-0.1, -0.05) is 83.9 Å². The predicted molar refractivity (Wildman–Crippen MR) is 125 cm³/mol. The van der Waals surface area contributed by atoms with E-state index in [1.165, 1.54) is 0 Å². The highest BCUT2D eigenvalue weighted by atomic mass is 35.5. The van der Waals surface area contributed by atoms with Gasteiger partial charge < -0.3 is 10.6 Å². The second-order valence-corrected chi connectivity index (χ2v) is 8.73. The molecule has 2 aliphatic heterocycles. The van der Waals surface area contributed by atoms with Crippen molar-refractivity contribution in [1.82, 2.24) is 0 Å². The first-order valence-electron chi connectivity index (χ1n) is 9.93. The SMILES string of the molecule is Clc1ccc2c(c1)C1(c3ccccc3)Nc3ccc(Cl)cc3C1(c1ccccc1)N2. The monoisotopic (exact) mass is 428 g/mol. The van der Waals surface area contributed by atoms with Crippen LogP contribution in [-0.2, 0) is 11.1 Å². The highest BCUT2D eigenvalue weighted by Crippen LogP contribution is 2.64. The maximum absolute atomic E-state index is 6.51. The van der Waals surface area contributed by atoms with Crippen molar-refractivity contribution in [3.8, 4) is 0 Å². The molecule has 2 heterocycles. The smallest absolute Gasteiger partial charge is 0.122 e. The zero-order chi connectivity index (χ0) is 20.3. The molecule has 0 fully saturated rings. The van der Waals surface area contributed by atoms with Crippen LogP contribution in [0.3, 0.4) is 0 Å². The van der Waals surface area contributed by atoms with Crippen LogP contribution in [0.1, 0.15) is 22.3 Å². The second kappa shape index (κ2) is 6.28. The van der Waals surface area contributed by atoms with Gasteiger partial charge in [0, 0.05) is 32.5 Å². The maximum Gasteiger partial charge on any atom is 0.122 e. The molecule has 0 amide bonds. The van der Waals surface area contributed by atoms with E-state index in [4.69, 9.17) is 23.2 Å². The summed E-state index contributed by atoms with van der Waals surface area (Å²) in [6.07, 6.45) is 0. The van der Waals surface area contributed by atoms with E-state index in [2.05, 4.69) is 83.4 Å². The summed E-state index contributed by atoms with van der Waals surface area (Å²) in [6, 6.07) is 33.3. The van der Waals surface area contributed by atoms with Gasteiger partial charge in [-0.3, -0.25) is 0 Å². The van der Waals surface area contributed by atoms with Crippen LogP contribution < -0.4 is 10.6 Å². The van der Waals surface area contributed by atoms with E-state index in [0.29, 0.717) is 10.0 Å². The molecule has 0 radical (unpaired) electrons. The van der Waals surface area contributed by atoms with Crippen LogP contribution in [0.4, 0.5) is 11.4 Å². The number of rotatable bonds is 2. The minimum Gasteiger partial charge on any atom is -0.369 e. The Labute approximate surface area is 185 Å². The van der Waals surface area contributed by atoms with Gasteiger partial charge in [-0.15, -0.1) is 0 Å². The summed E-state index contributed by atoms with van der Waals surface area (Å²) in [5, 5.41) is 9.22. The fourth-order valence-corrected chi connectivity index (χ4v) is 5.61. The molecule has 0 aliphatic carbocycles. The molecule has 4 heteroatoms. The molecule has 2 nitrogen and oxygen atoms in total. The van der Waals surface area contributed by atoms with Crippen molar-refractivity contribution >= 4 is 34.6 Å². The van der Waals surface area contributed by atoms with E-state index >= 15 is 0 Å². The number of hydrogen-bond donors (Lipinski definition) is 2. The lowest BCUT2D eigenvalue weighted by Crippen LogP contribution is -2.51. The van der Waals surface area contributed by atoms with Gasteiger partial charge in [-0.25, -0.2) is 0 Å². The summed E-state index contributed by atoms with van der Waals surface area (Å²) in [6.45, 7) is 0. The van der Waals surface area contributed by atoms with E-state index < -0.39 is 11.1 Å². The minimum absolute atomic E-state index is 0.580. The van der Waals surface area contributed by atoms with Gasteiger partial charge in [0.2, 0.25) is 0 Å². The molecule has 0 saturated carbocycles. The van der Waals surface area contributed by atoms with Gasteiger partial charge in [0.1, 0.15) is 11.1 Å². The zero-order valence-electron chi connectivity index (χ0n) is 16.0. The van der Waals surface area contributed by atoms with Gasteiger partial charge >= 0.3 is 0 Å². The van der Waals surface area contributed by atoms with Crippen LogP contribution in [-0.4, -0.2) is 0 Å². The van der Waals surface area contributed by atoms with Gasteiger partial charge in [0.05, 0.1) is 0 Å². The third-order valence-electron chi connectivity index (χ3n) is 6.39. The molecule has 0 aromatic heterocycles. The van der Waals surface area contributed by atoms with Crippen LogP contribution in [0.15, 0.2) is 97.1 Å². The summed E-state index contributed by atoms with van der Waals surface area (Å²) >= 11 is 13.0. The molecule has 0 spiro atoms. The lowest BCUT2D eigenvalue weighted by atomic mass is 9.66. The molecule has 4 aromatic carbocycles. The summed E-state index contributed by atoms with van der Waals surface area (Å²) in [7, 11) is 0. The molecule has 146 valence electrons. The van der Waals surface area contributed by atoms with Crippen LogP contribution >= 0.6 is 23.2 Å². The topological polar surface area (TPSA) is 24.1 Å². The number of halogens is 2. The molecular weight excluding hydrogens is 411 g/mol. The zero-order valence-corrected chi connectivity index (χ0v) is 17.5. The van der Waals surface area contributed by atoms with Crippen LogP contribution in [0.5, 0.6) is 0 Å². The Morgan fingerprint density at radius 3 is 1.30 bits per heavy atom. The Bertz CT molecular complexity index is 1170. The summed E-state index contributed by atoms with van der Waals surface area (Å²) in [5.41, 5.74) is 5.53. The number of benzene rings is 4. The van der Waals surface area contributed by atoms with Crippen molar-refractivity contribution in [2.75, 3.05) is 10.6 Å². The molecule has 0 bridgehead atoms. The molecule has 2 unspecified atom stereocenters. The van der Waals surface area contributed by atoms with Crippen molar-refractivity contribution < 1.29 is 0 Å². The van der Waals surface area contributed by atoms with Crippen LogP contribution in [0.2, 0.25) is 10.0 Å². The Balaban J connectivity index is 1.79. The average molecular weight is 429 g/mol. The highest BCUT2D eigenvalue weighted by molar-refractivity contribution is 6.31. The lowest BCUT2D eigenvalue weighted by molar-refractivity contribution is 0.439. The summed E-state index contributed by atoms with van der Waals surface area (Å²) in [5.74, 6) is 0. The third kappa shape index (κ3) is 2.15. The van der Waals surface area contributed by atoms with E-state index in [1.807, 2.05) is 24.3 Å². The molecule has 4 aromatic rings. The molecule has 2 atom stereocenters. The quantitative estimate of drug-likeness (QED) is 0.357. The van der Waals surface area contributed by atoms with Crippen molar-refractivity contribution in [2.45, 2.75) is 11.1 Å². The van der Waals surface area contributed by atoms with E-state index in [-0.39, 0.29) is 0 Å². The normalized spacial score (nSPS) is 23.1. The largest absolute Gasteiger partial charge is 0.369 e. The molecule has 2 aliphatic rings. The molecule has 2 N–H and O–H groups in total. The fraction of sp³-hybridized carbons (Fsp3) is 0.0769. The number of anilines is 2. The minimum atomic E-state index is -0.580. The second-order valence-electron chi connectivity index (χ2n) is 7.86. The Kier molecular flexibility index (Phi) is 3.74. The Hall–Kier alpha value is -2.94. The Morgan fingerprint density at radius 2 is 0.900 bits per heavy atom. The van der Waals surface area contributed by atoms with Crippen molar-refractivity contribution in [1.29, 1.82) is 0 Å². The molecule has 30 heavy (non-hydrogen) atoms. The summed E-state index contributed by atoms with van der Waals surface area (Å²) < 4.78 is 0. The van der Waals surface area contributed by atoms with Gasteiger partial charge in [-0.05, 0) is 47.5 Å². The first-order valence-corrected chi connectivity index (χ1v) is 10.7. The first-order chi connectivity index (χ1) is 14.6. The van der Waals surface area contributed by atoms with Gasteiger partial charge in [0.25, 0.3) is 0 Å². The van der Waals surface area contributed by atoms with E-state index in [9.17, 15) is 0 Å². The van der Waals surface area contributed by atoms with Gasteiger partial charge in [-0.2, -0.15) is 0 Å². The fourth-order valence-electron chi connectivity index (χ4n) is 5.27. The van der Waals surface area contributed by atoms with Gasteiger partial charge in [0.15, 0.2) is 0 Å². The molecular formula is C26H18Cl2N2. The predicted octanol–water partition coefficient (Wildman–Crippen LogP) is 7.03. The number of fused-ring (bicyclic) bond motifs is 5. The van der Waals surface area contributed by atoms with Crippen molar-refractivity contribution in [2.24, 2.45) is 0 Å². The maximum atomic E-state index is 6.51. The highest BCUT2D eigenvalue weighted by Gasteiger charge is 2.65. The van der Waals surface area contributed by atoms with E-state index in [0.717, 1.165) is 33.6 Å². The molecule has 6 rings (SSSR count). The van der Waals surface area contributed by atoms with Crippen molar-refractivity contribution in [3.05, 3.63) is 129 Å². The Morgan fingerprint density at radius 1 is 0.500 bits per heavy atom. The van der Waals surface area contributed by atoms with Crippen molar-refractivity contribution in [3.63, 3.8) is 0 Å². The molecule has 0 saturated heterocycles. The standard InChI is InChI=1S/C26H18Cl2N2/c27-19-11-13-23-21(15-19)25(17-7-3-1-4-8-17)26(30-23,18-9-5-2-6-10-18)22-16-20(28)12-14-24(22)29-25/h1-16,29-30H. The average Bonchev–Trinajstić information content (AvgIpc) is 3.23.